The maximum Gasteiger partial charge on any atom is 0.306 e. The summed E-state index contributed by atoms with van der Waals surface area (Å²) in [5, 5.41) is 20.6. The van der Waals surface area contributed by atoms with E-state index in [4.69, 9.17) is 5.11 Å². The van der Waals surface area contributed by atoms with Gasteiger partial charge in [0.25, 0.3) is 0 Å². The van der Waals surface area contributed by atoms with Crippen molar-refractivity contribution in [2.45, 2.75) is 142 Å². The molecule has 0 unspecified atom stereocenters. The molecule has 3 N–H and O–H groups in total. The Hall–Kier alpha value is -1.92. The number of aliphatic carboxylic acids is 2. The zero-order valence-electron chi connectivity index (χ0n) is 22.2. The first kappa shape index (κ1) is 33.1. The lowest BCUT2D eigenvalue weighted by Gasteiger charge is -2.11. The van der Waals surface area contributed by atoms with Crippen LogP contribution in [0, 0.1) is 5.92 Å². The first-order valence-corrected chi connectivity index (χ1v) is 14.1. The predicted octanol–water partition coefficient (Wildman–Crippen LogP) is 6.67. The number of hydrogen-bond donors (Lipinski definition) is 3. The fraction of sp³-hybridized carbons (Fsp3) is 0.857. The van der Waals surface area contributed by atoms with Crippen LogP contribution in [0.25, 0.3) is 0 Å². The van der Waals surface area contributed by atoms with Crippen molar-refractivity contribution >= 4 is 23.6 Å². The molecule has 0 radical (unpaired) electrons. The fourth-order valence-corrected chi connectivity index (χ4v) is 4.35. The van der Waals surface area contributed by atoms with Crippen molar-refractivity contribution < 1.29 is 29.4 Å². The lowest BCUT2D eigenvalue weighted by Crippen LogP contribution is -2.25. The minimum Gasteiger partial charge on any atom is -0.481 e. The van der Waals surface area contributed by atoms with E-state index in [2.05, 4.69) is 5.32 Å². The summed E-state index contributed by atoms with van der Waals surface area (Å²) in [6.45, 7) is 2.34. The van der Waals surface area contributed by atoms with Crippen molar-refractivity contribution in [2.75, 3.05) is 6.54 Å². The normalized spacial score (nSPS) is 11.8. The summed E-state index contributed by atoms with van der Waals surface area (Å²) < 4.78 is 0. The molecule has 1 atom stereocenters. The number of hydrogen-bond acceptors (Lipinski definition) is 4. The molecule has 0 spiro atoms. The minimum absolute atomic E-state index is 0.00788. The van der Waals surface area contributed by atoms with E-state index >= 15 is 0 Å². The van der Waals surface area contributed by atoms with Crippen LogP contribution in [-0.4, -0.2) is 40.4 Å². The molecule has 0 rings (SSSR count). The number of nitrogens with one attached hydrogen (secondary N) is 1. The molecule has 0 saturated heterocycles. The average molecular weight is 498 g/mol. The first-order chi connectivity index (χ1) is 16.9. The third-order valence-electron chi connectivity index (χ3n) is 6.51. The summed E-state index contributed by atoms with van der Waals surface area (Å²) in [6, 6.07) is 0. The van der Waals surface area contributed by atoms with Gasteiger partial charge in [0.15, 0.2) is 0 Å². The topological polar surface area (TPSA) is 121 Å². The first-order valence-electron chi connectivity index (χ1n) is 14.1. The van der Waals surface area contributed by atoms with Gasteiger partial charge in [-0.25, -0.2) is 0 Å². The van der Waals surface area contributed by atoms with Crippen LogP contribution in [0.1, 0.15) is 142 Å². The Labute approximate surface area is 212 Å². The molecule has 0 aliphatic rings. The zero-order chi connectivity index (χ0) is 26.2. The Bertz CT molecular complexity index is 578. The number of rotatable bonds is 26. The van der Waals surface area contributed by atoms with E-state index < -0.39 is 17.9 Å². The van der Waals surface area contributed by atoms with Gasteiger partial charge in [-0.15, -0.1) is 0 Å². The van der Waals surface area contributed by atoms with Crippen molar-refractivity contribution in [3.05, 3.63) is 0 Å². The second-order valence-electron chi connectivity index (χ2n) is 9.82. The van der Waals surface area contributed by atoms with E-state index in [1.807, 2.05) is 6.92 Å². The Morgan fingerprint density at radius 2 is 1.00 bits per heavy atom. The molecule has 0 fully saturated rings. The molecule has 7 nitrogen and oxygen atoms in total. The van der Waals surface area contributed by atoms with E-state index in [1.165, 1.54) is 64.2 Å². The summed E-state index contributed by atoms with van der Waals surface area (Å²) >= 11 is 0. The summed E-state index contributed by atoms with van der Waals surface area (Å²) in [7, 11) is 0. The molecular formula is C28H51NO6. The third-order valence-corrected chi connectivity index (χ3v) is 6.51. The molecule has 0 aromatic rings. The molecule has 204 valence electrons. The van der Waals surface area contributed by atoms with Crippen LogP contribution in [0.4, 0.5) is 0 Å². The number of carbonyl (C=O) groups excluding carboxylic acids is 2. The molecule has 7 heteroatoms. The summed E-state index contributed by atoms with van der Waals surface area (Å²) in [5.41, 5.74) is 0. The quantitative estimate of drug-likeness (QED) is 0.115. The minimum atomic E-state index is -0.993. The van der Waals surface area contributed by atoms with Crippen LogP contribution in [0.2, 0.25) is 0 Å². The van der Waals surface area contributed by atoms with Crippen molar-refractivity contribution in [2.24, 2.45) is 5.92 Å². The van der Waals surface area contributed by atoms with Gasteiger partial charge in [0.2, 0.25) is 5.91 Å². The van der Waals surface area contributed by atoms with Crippen LogP contribution in [0.5, 0.6) is 0 Å². The molecule has 0 aromatic carbocycles. The van der Waals surface area contributed by atoms with Gasteiger partial charge in [-0.2, -0.15) is 0 Å². The molecule has 1 amide bonds. The van der Waals surface area contributed by atoms with E-state index in [-0.39, 0.29) is 31.0 Å². The van der Waals surface area contributed by atoms with Gasteiger partial charge in [0, 0.05) is 32.2 Å². The maximum atomic E-state index is 12.1. The van der Waals surface area contributed by atoms with Crippen LogP contribution < -0.4 is 5.32 Å². The van der Waals surface area contributed by atoms with Crippen molar-refractivity contribution in [1.29, 1.82) is 0 Å². The largest absolute Gasteiger partial charge is 0.481 e. The standard InChI is InChI=1S/C28H51NO6/c1-2-29-26(31)22-21-24(28(34)35)23-25(30)19-17-15-13-11-9-7-5-3-4-6-8-10-12-14-16-18-20-27(32)33/h24H,2-23H2,1H3,(H,29,31)(H,32,33)(H,34,35)/t24-/m1/s1. The van der Waals surface area contributed by atoms with Crippen molar-refractivity contribution in [1.82, 2.24) is 5.32 Å². The number of unbranched alkanes of at least 4 members (excludes halogenated alkanes) is 15. The van der Waals surface area contributed by atoms with Crippen LogP contribution in [0.15, 0.2) is 0 Å². The monoisotopic (exact) mass is 497 g/mol. The zero-order valence-corrected chi connectivity index (χ0v) is 22.2. The van der Waals surface area contributed by atoms with Crippen LogP contribution >= 0.6 is 0 Å². The van der Waals surface area contributed by atoms with Crippen molar-refractivity contribution in [3.8, 4) is 0 Å². The lowest BCUT2D eigenvalue weighted by atomic mass is 9.94. The number of ketones is 1. The molecule has 0 saturated carbocycles. The SMILES string of the molecule is CCNC(=O)CC[C@H](CC(=O)CCCCCCCCCCCCCCCCCCC(=O)O)C(=O)O. The third kappa shape index (κ3) is 23.6. The van der Waals surface area contributed by atoms with E-state index in [9.17, 15) is 24.3 Å². The van der Waals surface area contributed by atoms with E-state index in [1.54, 1.807) is 0 Å². The predicted molar refractivity (Wildman–Crippen MR) is 139 cm³/mol. The molecule has 0 heterocycles. The van der Waals surface area contributed by atoms with E-state index in [0.717, 1.165) is 38.5 Å². The molecule has 35 heavy (non-hydrogen) atoms. The highest BCUT2D eigenvalue weighted by Gasteiger charge is 2.21. The number of Topliss-reactive ketones (excluding diaryl/α,β-unsaturated/α-hetero) is 1. The highest BCUT2D eigenvalue weighted by atomic mass is 16.4. The van der Waals surface area contributed by atoms with Gasteiger partial charge < -0.3 is 15.5 Å². The smallest absolute Gasteiger partial charge is 0.306 e. The van der Waals surface area contributed by atoms with E-state index in [0.29, 0.717) is 19.4 Å². The number of carbonyl (C=O) groups is 4. The summed E-state index contributed by atoms with van der Waals surface area (Å²) in [4.78, 5) is 45.4. The summed E-state index contributed by atoms with van der Waals surface area (Å²) in [6.07, 6.45) is 19.8. The number of carboxylic acid groups (broad SMARTS) is 2. The molecule has 0 aliphatic heterocycles. The fourth-order valence-electron chi connectivity index (χ4n) is 4.35. The summed E-state index contributed by atoms with van der Waals surface area (Å²) in [5.74, 6) is -2.61. The maximum absolute atomic E-state index is 12.1. The highest BCUT2D eigenvalue weighted by Crippen LogP contribution is 2.17. The molecule has 0 bridgehead atoms. The number of carboxylic acids is 2. The Morgan fingerprint density at radius 3 is 1.37 bits per heavy atom. The Balaban J connectivity index is 3.47. The average Bonchev–Trinajstić information content (AvgIpc) is 2.80. The Kier molecular flexibility index (Phi) is 22.5. The highest BCUT2D eigenvalue weighted by molar-refractivity contribution is 5.84. The van der Waals surface area contributed by atoms with Gasteiger partial charge in [-0.1, -0.05) is 89.9 Å². The second kappa shape index (κ2) is 23.8. The van der Waals surface area contributed by atoms with Crippen molar-refractivity contribution in [3.63, 3.8) is 0 Å². The molecule has 0 aliphatic carbocycles. The molecular weight excluding hydrogens is 446 g/mol. The molecule has 0 aromatic heterocycles. The Morgan fingerprint density at radius 1 is 0.600 bits per heavy atom. The van der Waals surface area contributed by atoms with Gasteiger partial charge in [-0.05, 0) is 26.2 Å². The van der Waals surface area contributed by atoms with Crippen LogP contribution in [0.3, 0.4) is 0 Å². The lowest BCUT2D eigenvalue weighted by molar-refractivity contribution is -0.144. The second-order valence-corrected chi connectivity index (χ2v) is 9.82. The number of amides is 1. The van der Waals surface area contributed by atoms with Gasteiger partial charge in [-0.3, -0.25) is 19.2 Å². The van der Waals surface area contributed by atoms with Crippen LogP contribution in [-0.2, 0) is 19.2 Å². The van der Waals surface area contributed by atoms with Gasteiger partial charge in [0.1, 0.15) is 5.78 Å². The van der Waals surface area contributed by atoms with Gasteiger partial charge >= 0.3 is 11.9 Å². The van der Waals surface area contributed by atoms with Gasteiger partial charge in [0.05, 0.1) is 5.92 Å².